The number of hydrogen-bond acceptors (Lipinski definition) is 6. The van der Waals surface area contributed by atoms with E-state index >= 15 is 0 Å². The average molecular weight is 424 g/mol. The number of benzene rings is 1. The summed E-state index contributed by atoms with van der Waals surface area (Å²) >= 11 is 6.39. The van der Waals surface area contributed by atoms with Crippen molar-refractivity contribution in [1.29, 1.82) is 0 Å². The van der Waals surface area contributed by atoms with E-state index < -0.39 is 21.7 Å². The van der Waals surface area contributed by atoms with Crippen LogP contribution in [0.4, 0.5) is 4.39 Å². The number of halogens is 1. The molecule has 5 nitrogen and oxygen atoms in total. The molecule has 2 fully saturated rings. The number of hydrogen-bond donors (Lipinski definition) is 0. The minimum Gasteiger partial charge on any atom is -0.457 e. The Bertz CT molecular complexity index is 1070. The molecule has 0 N–H and O–H groups in total. The second-order valence-corrected chi connectivity index (χ2v) is 10.2. The van der Waals surface area contributed by atoms with Gasteiger partial charge in [0, 0.05) is 6.08 Å². The van der Waals surface area contributed by atoms with Crippen LogP contribution in [-0.4, -0.2) is 41.1 Å². The molecule has 9 heteroatoms. The van der Waals surface area contributed by atoms with Crippen molar-refractivity contribution in [2.24, 2.45) is 0 Å². The molecule has 0 unspecified atom stereocenters. The number of sulfone groups is 1. The summed E-state index contributed by atoms with van der Waals surface area (Å²) in [4.78, 5) is 14.4. The van der Waals surface area contributed by atoms with E-state index in [2.05, 4.69) is 0 Å². The van der Waals surface area contributed by atoms with Crippen LogP contribution in [0.5, 0.6) is 0 Å². The van der Waals surface area contributed by atoms with E-state index in [4.69, 9.17) is 16.6 Å². The molecular weight excluding hydrogens is 409 g/mol. The quantitative estimate of drug-likeness (QED) is 0.556. The zero-order valence-corrected chi connectivity index (χ0v) is 16.4. The number of amides is 1. The summed E-state index contributed by atoms with van der Waals surface area (Å²) < 4.78 is 43.3. The third-order valence-corrected chi connectivity index (χ3v) is 7.52. The van der Waals surface area contributed by atoms with Crippen LogP contribution in [0.25, 0.3) is 17.4 Å². The fraction of sp³-hybridized carbons (Fsp3) is 0.222. The molecule has 0 radical (unpaired) electrons. The Morgan fingerprint density at radius 3 is 2.74 bits per heavy atom. The van der Waals surface area contributed by atoms with Gasteiger partial charge in [-0.15, -0.1) is 0 Å². The first-order chi connectivity index (χ1) is 12.8. The van der Waals surface area contributed by atoms with Gasteiger partial charge in [0.1, 0.15) is 21.7 Å². The second kappa shape index (κ2) is 6.88. The van der Waals surface area contributed by atoms with Crippen molar-refractivity contribution in [3.63, 3.8) is 0 Å². The van der Waals surface area contributed by atoms with Crippen LogP contribution in [0.3, 0.4) is 0 Å². The van der Waals surface area contributed by atoms with Crippen LogP contribution in [-0.2, 0) is 14.6 Å². The normalized spacial score (nSPS) is 23.5. The zero-order chi connectivity index (χ0) is 19.2. The van der Waals surface area contributed by atoms with Crippen molar-refractivity contribution in [2.45, 2.75) is 12.5 Å². The van der Waals surface area contributed by atoms with E-state index in [0.29, 0.717) is 32.7 Å². The van der Waals surface area contributed by atoms with Gasteiger partial charge in [0.05, 0.1) is 28.0 Å². The van der Waals surface area contributed by atoms with E-state index in [0.717, 1.165) is 11.8 Å². The Kier molecular flexibility index (Phi) is 4.69. The summed E-state index contributed by atoms with van der Waals surface area (Å²) in [6, 6.07) is 9.12. The van der Waals surface area contributed by atoms with E-state index in [1.807, 2.05) is 0 Å². The molecule has 2 aliphatic heterocycles. The molecular formula is C18H14FNO4S3. The molecule has 0 saturated carbocycles. The molecule has 0 spiro atoms. The van der Waals surface area contributed by atoms with E-state index in [9.17, 15) is 17.6 Å². The van der Waals surface area contributed by atoms with Crippen LogP contribution in [0.1, 0.15) is 12.2 Å². The van der Waals surface area contributed by atoms with Crippen molar-refractivity contribution in [3.8, 4) is 11.3 Å². The van der Waals surface area contributed by atoms with Gasteiger partial charge in [-0.3, -0.25) is 9.69 Å². The van der Waals surface area contributed by atoms with Crippen molar-refractivity contribution in [2.75, 3.05) is 11.5 Å². The van der Waals surface area contributed by atoms with Gasteiger partial charge < -0.3 is 4.42 Å². The van der Waals surface area contributed by atoms with Crippen LogP contribution in [0.2, 0.25) is 0 Å². The van der Waals surface area contributed by atoms with Crippen molar-refractivity contribution >= 4 is 50.1 Å². The van der Waals surface area contributed by atoms with Crippen molar-refractivity contribution in [1.82, 2.24) is 4.90 Å². The lowest BCUT2D eigenvalue weighted by atomic mass is 10.1. The first-order valence-electron chi connectivity index (χ1n) is 8.16. The summed E-state index contributed by atoms with van der Waals surface area (Å²) in [6.45, 7) is 0. The van der Waals surface area contributed by atoms with Crippen molar-refractivity contribution in [3.05, 3.63) is 52.9 Å². The summed E-state index contributed by atoms with van der Waals surface area (Å²) in [5, 5.41) is 0. The third-order valence-electron chi connectivity index (χ3n) is 4.44. The van der Waals surface area contributed by atoms with Gasteiger partial charge in [-0.05, 0) is 30.7 Å². The molecule has 27 heavy (non-hydrogen) atoms. The molecule has 1 amide bonds. The van der Waals surface area contributed by atoms with Crippen LogP contribution < -0.4 is 0 Å². The minimum absolute atomic E-state index is 0.0646. The van der Waals surface area contributed by atoms with Gasteiger partial charge in [-0.2, -0.15) is 0 Å². The highest BCUT2D eigenvalue weighted by Gasteiger charge is 2.42. The monoisotopic (exact) mass is 423 g/mol. The fourth-order valence-corrected chi connectivity index (χ4v) is 6.22. The summed E-state index contributed by atoms with van der Waals surface area (Å²) in [5.74, 6) is 0.0377. The highest BCUT2D eigenvalue weighted by molar-refractivity contribution is 8.26. The van der Waals surface area contributed by atoms with Gasteiger partial charge in [-0.1, -0.05) is 36.1 Å². The Balaban J connectivity index is 1.58. The van der Waals surface area contributed by atoms with E-state index in [1.54, 1.807) is 36.4 Å². The first-order valence-corrected chi connectivity index (χ1v) is 11.2. The largest absolute Gasteiger partial charge is 0.457 e. The fourth-order valence-electron chi connectivity index (χ4n) is 3.14. The zero-order valence-electron chi connectivity index (χ0n) is 13.9. The molecule has 3 heterocycles. The summed E-state index contributed by atoms with van der Waals surface area (Å²) in [5.41, 5.74) is 0.334. The number of furan rings is 1. The molecule has 1 aromatic carbocycles. The molecule has 2 aromatic rings. The maximum atomic E-state index is 13.9. The molecule has 1 aromatic heterocycles. The predicted molar refractivity (Wildman–Crippen MR) is 106 cm³/mol. The van der Waals surface area contributed by atoms with E-state index in [1.165, 1.54) is 11.0 Å². The maximum absolute atomic E-state index is 13.9. The lowest BCUT2D eigenvalue weighted by molar-refractivity contribution is -0.123. The molecule has 4 rings (SSSR count). The van der Waals surface area contributed by atoms with Crippen LogP contribution in [0, 0.1) is 5.82 Å². The smallest absolute Gasteiger partial charge is 0.266 e. The predicted octanol–water partition coefficient (Wildman–Crippen LogP) is 3.47. The van der Waals surface area contributed by atoms with Crippen molar-refractivity contribution < 1.29 is 22.0 Å². The molecule has 2 aliphatic rings. The molecule has 0 bridgehead atoms. The SMILES string of the molecule is O=C1/C(=C\c2ccc(-c3ccccc3F)o2)SC(=S)N1[C@@H]1CCS(=O)(=O)C1. The number of nitrogens with zero attached hydrogens (tertiary/aromatic N) is 1. The highest BCUT2D eigenvalue weighted by Crippen LogP contribution is 2.37. The topological polar surface area (TPSA) is 67.6 Å². The minimum atomic E-state index is -3.12. The number of thioether (sulfide) groups is 1. The number of carbonyl (C=O) groups is 1. The third kappa shape index (κ3) is 3.59. The standard InChI is InChI=1S/C18H14FNO4S3/c19-14-4-2-1-3-13(14)15-6-5-12(24-15)9-16-17(21)20(18(25)26-16)11-7-8-27(22,23)10-11/h1-6,9,11H,7-8,10H2/b16-9+/t11-/m1/s1. The first kappa shape index (κ1) is 18.4. The van der Waals surface area contributed by atoms with Gasteiger partial charge in [-0.25, -0.2) is 12.8 Å². The van der Waals surface area contributed by atoms with Gasteiger partial charge >= 0.3 is 0 Å². The molecule has 140 valence electrons. The van der Waals surface area contributed by atoms with E-state index in [-0.39, 0.29) is 17.4 Å². The molecule has 0 aliphatic carbocycles. The molecule has 2 saturated heterocycles. The van der Waals surface area contributed by atoms with Crippen LogP contribution >= 0.6 is 24.0 Å². The lowest BCUT2D eigenvalue weighted by Crippen LogP contribution is -2.39. The Morgan fingerprint density at radius 1 is 1.26 bits per heavy atom. The maximum Gasteiger partial charge on any atom is 0.266 e. The Hall–Kier alpha value is -1.97. The lowest BCUT2D eigenvalue weighted by Gasteiger charge is -2.20. The second-order valence-electron chi connectivity index (χ2n) is 6.29. The highest BCUT2D eigenvalue weighted by atomic mass is 32.2. The Labute approximate surface area is 165 Å². The number of carbonyl (C=O) groups excluding carboxylic acids is 1. The Morgan fingerprint density at radius 2 is 2.04 bits per heavy atom. The van der Waals surface area contributed by atoms with Gasteiger partial charge in [0.2, 0.25) is 0 Å². The molecule has 1 atom stereocenters. The van der Waals surface area contributed by atoms with Gasteiger partial charge in [0.15, 0.2) is 9.84 Å². The average Bonchev–Trinajstić information content (AvgIpc) is 3.27. The number of rotatable bonds is 3. The summed E-state index contributed by atoms with van der Waals surface area (Å²) in [7, 11) is -3.12. The van der Waals surface area contributed by atoms with Gasteiger partial charge in [0.25, 0.3) is 5.91 Å². The summed E-state index contributed by atoms with van der Waals surface area (Å²) in [6.07, 6.45) is 1.94. The van der Waals surface area contributed by atoms with Crippen LogP contribution in [0.15, 0.2) is 45.7 Å². The number of thiocarbonyl (C=S) groups is 1.